The van der Waals surface area contributed by atoms with Gasteiger partial charge in [0.2, 0.25) is 5.91 Å². The molecule has 0 heterocycles. The van der Waals surface area contributed by atoms with Crippen molar-refractivity contribution in [2.45, 2.75) is 82.9 Å². The van der Waals surface area contributed by atoms with Gasteiger partial charge in [0.25, 0.3) is 0 Å². The lowest BCUT2D eigenvalue weighted by Crippen LogP contribution is -2.38. The summed E-state index contributed by atoms with van der Waals surface area (Å²) in [5, 5.41) is 17.8. The summed E-state index contributed by atoms with van der Waals surface area (Å²) in [6.45, 7) is 2.17. The van der Waals surface area contributed by atoms with Gasteiger partial charge in [0.15, 0.2) is 13.8 Å². The van der Waals surface area contributed by atoms with Crippen molar-refractivity contribution in [3.63, 3.8) is 0 Å². The molecule has 1 amide bonds. The Bertz CT molecular complexity index is 377. The summed E-state index contributed by atoms with van der Waals surface area (Å²) in [5.74, 6) is -3.14. The quantitative estimate of drug-likeness (QED) is 0.310. The molecule has 0 rings (SSSR count). The van der Waals surface area contributed by atoms with Gasteiger partial charge >= 0.3 is 5.97 Å². The van der Waals surface area contributed by atoms with Gasteiger partial charge in [-0.25, -0.2) is 0 Å². The largest absolute Gasteiger partial charge is 0.481 e. The Balaban J connectivity index is 4.26. The van der Waals surface area contributed by atoms with Crippen molar-refractivity contribution in [2.75, 3.05) is 0 Å². The molecule has 0 aliphatic heterocycles. The molecule has 0 aromatic carbocycles. The molecule has 0 radical (unpaired) electrons. The van der Waals surface area contributed by atoms with Gasteiger partial charge in [-0.1, -0.05) is 51.9 Å². The number of hydrogen-bond donors (Lipinski definition) is 3. The highest BCUT2D eigenvalue weighted by molar-refractivity contribution is 7.25. The average molecular weight is 347 g/mol. The zero-order valence-corrected chi connectivity index (χ0v) is 14.9. The van der Waals surface area contributed by atoms with Gasteiger partial charge in [0.1, 0.15) is 0 Å². The summed E-state index contributed by atoms with van der Waals surface area (Å²) in [5.41, 5.74) is 5.02. The van der Waals surface area contributed by atoms with Gasteiger partial charge in [0, 0.05) is 6.42 Å². The average Bonchev–Trinajstić information content (AvgIpc) is 2.49. The van der Waals surface area contributed by atoms with E-state index in [2.05, 4.69) is 6.92 Å². The second-order valence-corrected chi connectivity index (χ2v) is 7.05. The van der Waals surface area contributed by atoms with E-state index in [0.717, 1.165) is 19.3 Å². The number of aliphatic hydroxyl groups is 1. The number of carboxylic acids is 1. The summed E-state index contributed by atoms with van der Waals surface area (Å²) < 4.78 is 11.3. The third kappa shape index (κ3) is 9.67. The molecule has 0 aromatic heterocycles. The normalized spacial score (nSPS) is 15.2. The zero-order valence-electron chi connectivity index (χ0n) is 14.0. The van der Waals surface area contributed by atoms with Gasteiger partial charge in [-0.15, -0.1) is 0 Å². The number of carbonyl (C=O) groups excluding carboxylic acids is 1. The maximum Gasteiger partial charge on any atom is 0.310 e. The molecule has 0 aliphatic carbocycles. The molecule has 0 aliphatic rings. The van der Waals surface area contributed by atoms with Crippen LogP contribution in [-0.2, 0) is 14.2 Å². The number of carboxylic acid groups (broad SMARTS) is 1. The first-order valence-corrected chi connectivity index (χ1v) is 9.26. The minimum Gasteiger partial charge on any atom is -0.481 e. The highest BCUT2D eigenvalue weighted by atomic mass is 31.1. The van der Waals surface area contributed by atoms with Crippen LogP contribution in [-0.4, -0.2) is 27.4 Å². The number of unbranched alkanes of at least 4 members (excludes halogenated alkanes) is 7. The van der Waals surface area contributed by atoms with Gasteiger partial charge < -0.3 is 15.9 Å². The molecule has 23 heavy (non-hydrogen) atoms. The molecular formula is C16H30NO5P. The molecule has 0 fully saturated rings. The minimum atomic E-state index is -1.83. The van der Waals surface area contributed by atoms with Crippen LogP contribution in [0.5, 0.6) is 0 Å². The first-order chi connectivity index (χ1) is 10.9. The second kappa shape index (κ2) is 12.4. The van der Waals surface area contributed by atoms with Crippen LogP contribution < -0.4 is 5.73 Å². The fraction of sp³-hybridized carbons (Fsp3) is 0.875. The summed E-state index contributed by atoms with van der Waals surface area (Å²) in [7, 11) is -0.615. The zero-order chi connectivity index (χ0) is 17.7. The lowest BCUT2D eigenvalue weighted by atomic mass is 9.91. The van der Waals surface area contributed by atoms with Crippen molar-refractivity contribution in [1.82, 2.24) is 0 Å². The van der Waals surface area contributed by atoms with E-state index in [0.29, 0.717) is 6.42 Å². The first-order valence-electron chi connectivity index (χ1n) is 8.45. The number of nitrogens with two attached hydrogens (primary N) is 1. The predicted octanol–water partition coefficient (Wildman–Crippen LogP) is 3.46. The van der Waals surface area contributed by atoms with Crippen molar-refractivity contribution in [3.05, 3.63) is 0 Å². The second-order valence-electron chi connectivity index (χ2n) is 6.09. The van der Waals surface area contributed by atoms with Crippen molar-refractivity contribution in [3.8, 4) is 0 Å². The molecule has 2 unspecified atom stereocenters. The van der Waals surface area contributed by atoms with E-state index in [9.17, 15) is 24.4 Å². The first kappa shape index (κ1) is 22.0. The predicted molar refractivity (Wildman–Crippen MR) is 89.3 cm³/mol. The van der Waals surface area contributed by atoms with Crippen molar-refractivity contribution in [1.29, 1.82) is 0 Å². The molecule has 0 aromatic rings. The SMILES string of the molecule is CCCCCCCCCCC(O)(P=O)C(CCC(N)=O)C(=O)O. The maximum absolute atomic E-state index is 11.3. The third-order valence-electron chi connectivity index (χ3n) is 4.09. The molecule has 0 saturated carbocycles. The van der Waals surface area contributed by atoms with Crippen molar-refractivity contribution in [2.24, 2.45) is 11.7 Å². The Hall–Kier alpha value is -1.00. The van der Waals surface area contributed by atoms with Gasteiger partial charge in [0.05, 0.1) is 5.92 Å². The summed E-state index contributed by atoms with van der Waals surface area (Å²) >= 11 is 0. The van der Waals surface area contributed by atoms with Crippen LogP contribution in [0.4, 0.5) is 0 Å². The van der Waals surface area contributed by atoms with Gasteiger partial charge in [-0.05, 0) is 19.3 Å². The Morgan fingerprint density at radius 2 is 1.61 bits per heavy atom. The number of hydrogen-bond acceptors (Lipinski definition) is 4. The van der Waals surface area contributed by atoms with E-state index < -0.39 is 31.6 Å². The summed E-state index contributed by atoms with van der Waals surface area (Å²) in [6.07, 6.45) is 8.38. The molecule has 0 spiro atoms. The molecule has 6 nitrogen and oxygen atoms in total. The minimum absolute atomic E-state index is 0.104. The Kier molecular flexibility index (Phi) is 11.9. The van der Waals surface area contributed by atoms with Gasteiger partial charge in [-0.2, -0.15) is 0 Å². The van der Waals surface area contributed by atoms with Crippen LogP contribution in [0.3, 0.4) is 0 Å². The van der Waals surface area contributed by atoms with Crippen LogP contribution >= 0.6 is 8.46 Å². The fourth-order valence-corrected chi connectivity index (χ4v) is 3.26. The Morgan fingerprint density at radius 3 is 2.04 bits per heavy atom. The van der Waals surface area contributed by atoms with E-state index in [1.165, 1.54) is 25.7 Å². The van der Waals surface area contributed by atoms with Crippen molar-refractivity contribution < 1.29 is 24.4 Å². The number of rotatable bonds is 15. The van der Waals surface area contributed by atoms with E-state index >= 15 is 0 Å². The van der Waals surface area contributed by atoms with Crippen LogP contribution in [0.15, 0.2) is 0 Å². The molecule has 2 atom stereocenters. The number of carbonyl (C=O) groups is 2. The summed E-state index contributed by atoms with van der Waals surface area (Å²) in [4.78, 5) is 22.1. The van der Waals surface area contributed by atoms with Gasteiger partial charge in [-0.3, -0.25) is 14.2 Å². The molecule has 7 heteroatoms. The Morgan fingerprint density at radius 1 is 1.09 bits per heavy atom. The highest BCUT2D eigenvalue weighted by Crippen LogP contribution is 2.37. The molecule has 4 N–H and O–H groups in total. The lowest BCUT2D eigenvalue weighted by molar-refractivity contribution is -0.148. The smallest absolute Gasteiger partial charge is 0.310 e. The van der Waals surface area contributed by atoms with Crippen LogP contribution in [0.1, 0.15) is 77.6 Å². The van der Waals surface area contributed by atoms with Crippen molar-refractivity contribution >= 4 is 20.3 Å². The topological polar surface area (TPSA) is 118 Å². The van der Waals surface area contributed by atoms with E-state index in [-0.39, 0.29) is 19.3 Å². The molecule has 134 valence electrons. The standard InChI is InChI=1S/C16H30NO5P/c1-2-3-4-5-6-7-8-9-12-16(21,23-22)13(15(19)20)10-11-14(17)18/h13,21H,2-12H2,1H3,(H2,17,18)(H,19,20). The summed E-state index contributed by atoms with van der Waals surface area (Å²) in [6, 6.07) is 0. The monoisotopic (exact) mass is 347 g/mol. The molecular weight excluding hydrogens is 317 g/mol. The number of primary amides is 1. The number of aliphatic carboxylic acids is 1. The van der Waals surface area contributed by atoms with Crippen LogP contribution in [0.25, 0.3) is 0 Å². The molecule has 0 saturated heterocycles. The van der Waals surface area contributed by atoms with Crippen LogP contribution in [0, 0.1) is 5.92 Å². The third-order valence-corrected chi connectivity index (χ3v) is 4.94. The lowest BCUT2D eigenvalue weighted by Gasteiger charge is -2.27. The van der Waals surface area contributed by atoms with E-state index in [4.69, 9.17) is 5.73 Å². The fourth-order valence-electron chi connectivity index (χ4n) is 2.64. The maximum atomic E-state index is 11.3. The van der Waals surface area contributed by atoms with E-state index in [1.807, 2.05) is 0 Å². The van der Waals surface area contributed by atoms with E-state index in [1.54, 1.807) is 0 Å². The highest BCUT2D eigenvalue weighted by Gasteiger charge is 2.42. The van der Waals surface area contributed by atoms with Crippen LogP contribution in [0.2, 0.25) is 0 Å². The number of amides is 1. The Labute approximate surface area is 140 Å². The molecule has 0 bridgehead atoms.